The number of hydrogen-bond donors (Lipinski definition) is 2. The van der Waals surface area contributed by atoms with Gasteiger partial charge in [-0.1, -0.05) is 12.1 Å². The predicted octanol–water partition coefficient (Wildman–Crippen LogP) is 2.77. The Morgan fingerprint density at radius 2 is 1.97 bits per heavy atom. The molecule has 3 aromatic rings. The number of piperazine rings is 1. The minimum atomic E-state index is -0.499. The number of aromatic hydroxyl groups is 1. The summed E-state index contributed by atoms with van der Waals surface area (Å²) < 4.78 is 13.4. The number of nitrogens with zero attached hydrogens (tertiary/aromatic N) is 4. The van der Waals surface area contributed by atoms with Gasteiger partial charge in [-0.3, -0.25) is 15.0 Å². The molecule has 2 aromatic heterocycles. The van der Waals surface area contributed by atoms with Gasteiger partial charge in [0.15, 0.2) is 0 Å². The van der Waals surface area contributed by atoms with Crippen LogP contribution in [0, 0.1) is 5.82 Å². The number of rotatable bonds is 6. The van der Waals surface area contributed by atoms with E-state index < -0.39 is 5.54 Å². The molecule has 1 aromatic carbocycles. The second kappa shape index (κ2) is 8.31. The molecule has 1 atom stereocenters. The summed E-state index contributed by atoms with van der Waals surface area (Å²) in [6, 6.07) is 12.6. The van der Waals surface area contributed by atoms with E-state index in [1.54, 1.807) is 18.3 Å². The molecule has 6 nitrogen and oxygen atoms in total. The molecule has 1 aliphatic rings. The number of phenols is 1. The molecule has 0 bridgehead atoms. The first-order valence-corrected chi connectivity index (χ1v) is 9.93. The zero-order valence-electron chi connectivity index (χ0n) is 16.6. The first kappa shape index (κ1) is 19.5. The van der Waals surface area contributed by atoms with Crippen LogP contribution in [0.15, 0.2) is 54.9 Å². The van der Waals surface area contributed by atoms with E-state index >= 15 is 0 Å². The number of hydrogen-bond acceptors (Lipinski definition) is 5. The molecular formula is C22H26FN5O. The zero-order valence-corrected chi connectivity index (χ0v) is 16.6. The monoisotopic (exact) mass is 395 g/mol. The van der Waals surface area contributed by atoms with Gasteiger partial charge < -0.3 is 10.0 Å². The molecule has 3 heterocycles. The SMILES string of the molecule is CC(c1ccc(F)cn1)(c1ccn[nH]1)N1CCN(CCc2cccc(O)c2)CC1. The topological polar surface area (TPSA) is 68.3 Å². The van der Waals surface area contributed by atoms with Crippen LogP contribution in [-0.4, -0.2) is 62.8 Å². The highest BCUT2D eigenvalue weighted by atomic mass is 19.1. The Kier molecular flexibility index (Phi) is 5.60. The molecule has 29 heavy (non-hydrogen) atoms. The first-order valence-electron chi connectivity index (χ1n) is 9.93. The highest BCUT2D eigenvalue weighted by molar-refractivity contribution is 5.29. The normalized spacial score (nSPS) is 17.9. The molecule has 0 saturated carbocycles. The van der Waals surface area contributed by atoms with Crippen LogP contribution in [0.2, 0.25) is 0 Å². The minimum Gasteiger partial charge on any atom is -0.508 e. The maximum Gasteiger partial charge on any atom is 0.141 e. The first-order chi connectivity index (χ1) is 14.1. The van der Waals surface area contributed by atoms with Gasteiger partial charge in [0.2, 0.25) is 0 Å². The smallest absolute Gasteiger partial charge is 0.141 e. The van der Waals surface area contributed by atoms with Crippen LogP contribution < -0.4 is 0 Å². The lowest BCUT2D eigenvalue weighted by molar-refractivity contribution is 0.0583. The summed E-state index contributed by atoms with van der Waals surface area (Å²) in [5.74, 6) is -0.0214. The van der Waals surface area contributed by atoms with Crippen LogP contribution in [0.4, 0.5) is 4.39 Å². The lowest BCUT2D eigenvalue weighted by Gasteiger charge is -2.45. The van der Waals surface area contributed by atoms with E-state index in [4.69, 9.17) is 0 Å². The van der Waals surface area contributed by atoms with E-state index in [-0.39, 0.29) is 5.82 Å². The van der Waals surface area contributed by atoms with Gasteiger partial charge in [-0.2, -0.15) is 5.10 Å². The van der Waals surface area contributed by atoms with Crippen molar-refractivity contribution in [2.24, 2.45) is 0 Å². The molecule has 1 fully saturated rings. The van der Waals surface area contributed by atoms with E-state index in [1.165, 1.54) is 12.3 Å². The zero-order chi connectivity index (χ0) is 20.3. The molecule has 4 rings (SSSR count). The Bertz CT molecular complexity index is 923. The van der Waals surface area contributed by atoms with Crippen molar-refractivity contribution in [3.05, 3.63) is 77.6 Å². The third-order valence-electron chi connectivity index (χ3n) is 5.88. The van der Waals surface area contributed by atoms with Crippen molar-refractivity contribution in [1.82, 2.24) is 25.0 Å². The van der Waals surface area contributed by atoms with E-state index in [1.807, 2.05) is 24.3 Å². The van der Waals surface area contributed by atoms with E-state index in [0.29, 0.717) is 5.75 Å². The number of halogens is 1. The van der Waals surface area contributed by atoms with Crippen molar-refractivity contribution >= 4 is 0 Å². The van der Waals surface area contributed by atoms with Gasteiger partial charge in [0.25, 0.3) is 0 Å². The second-order valence-electron chi connectivity index (χ2n) is 7.65. The number of phenolic OH excluding ortho intramolecular Hbond substituents is 1. The predicted molar refractivity (Wildman–Crippen MR) is 109 cm³/mol. The lowest BCUT2D eigenvalue weighted by atomic mass is 9.89. The van der Waals surface area contributed by atoms with Gasteiger partial charge in [0, 0.05) is 38.9 Å². The Balaban J connectivity index is 1.45. The van der Waals surface area contributed by atoms with Crippen LogP contribution >= 0.6 is 0 Å². The number of aromatic amines is 1. The highest BCUT2D eigenvalue weighted by Gasteiger charge is 2.39. The summed E-state index contributed by atoms with van der Waals surface area (Å²) in [7, 11) is 0. The number of H-pyrrole nitrogens is 1. The Labute approximate surface area is 170 Å². The average Bonchev–Trinajstić information content (AvgIpc) is 3.28. The van der Waals surface area contributed by atoms with Crippen molar-refractivity contribution < 1.29 is 9.50 Å². The molecule has 152 valence electrons. The fourth-order valence-corrected chi connectivity index (χ4v) is 4.08. The van der Waals surface area contributed by atoms with Crippen LogP contribution in [0.3, 0.4) is 0 Å². The molecule has 2 N–H and O–H groups in total. The fraction of sp³-hybridized carbons (Fsp3) is 0.364. The average molecular weight is 395 g/mol. The number of aromatic nitrogens is 3. The third-order valence-corrected chi connectivity index (χ3v) is 5.88. The van der Waals surface area contributed by atoms with Gasteiger partial charge in [0.05, 0.1) is 17.6 Å². The van der Waals surface area contributed by atoms with Crippen LogP contribution in [-0.2, 0) is 12.0 Å². The fourth-order valence-electron chi connectivity index (χ4n) is 4.08. The van der Waals surface area contributed by atoms with Gasteiger partial charge in [-0.25, -0.2) is 4.39 Å². The third kappa shape index (κ3) is 4.16. The van der Waals surface area contributed by atoms with Crippen molar-refractivity contribution in [2.75, 3.05) is 32.7 Å². The molecular weight excluding hydrogens is 369 g/mol. The molecule has 0 radical (unpaired) electrons. The van der Waals surface area contributed by atoms with Crippen LogP contribution in [0.1, 0.15) is 23.9 Å². The summed E-state index contributed by atoms with van der Waals surface area (Å²) in [5.41, 5.74) is 2.40. The molecule has 0 spiro atoms. The number of nitrogens with one attached hydrogen (secondary N) is 1. The number of benzene rings is 1. The van der Waals surface area contributed by atoms with Crippen molar-refractivity contribution in [3.8, 4) is 5.75 Å². The van der Waals surface area contributed by atoms with E-state index in [0.717, 1.165) is 56.1 Å². The number of pyridine rings is 1. The van der Waals surface area contributed by atoms with Gasteiger partial charge >= 0.3 is 0 Å². The summed E-state index contributed by atoms with van der Waals surface area (Å²) in [6.07, 6.45) is 3.92. The van der Waals surface area contributed by atoms with Crippen LogP contribution in [0.5, 0.6) is 5.75 Å². The summed E-state index contributed by atoms with van der Waals surface area (Å²) >= 11 is 0. The van der Waals surface area contributed by atoms with E-state index in [9.17, 15) is 9.50 Å². The minimum absolute atomic E-state index is 0.314. The summed E-state index contributed by atoms with van der Waals surface area (Å²) in [4.78, 5) is 9.20. The Morgan fingerprint density at radius 1 is 1.14 bits per heavy atom. The molecule has 1 unspecified atom stereocenters. The van der Waals surface area contributed by atoms with Gasteiger partial charge in [-0.15, -0.1) is 0 Å². The largest absolute Gasteiger partial charge is 0.508 e. The molecule has 0 aliphatic carbocycles. The molecule has 1 saturated heterocycles. The Morgan fingerprint density at radius 3 is 2.62 bits per heavy atom. The van der Waals surface area contributed by atoms with Gasteiger partial charge in [0.1, 0.15) is 17.1 Å². The second-order valence-corrected chi connectivity index (χ2v) is 7.65. The van der Waals surface area contributed by atoms with Crippen molar-refractivity contribution in [2.45, 2.75) is 18.9 Å². The maximum atomic E-state index is 13.4. The molecule has 7 heteroatoms. The van der Waals surface area contributed by atoms with E-state index in [2.05, 4.69) is 31.9 Å². The quantitative estimate of drug-likeness (QED) is 0.672. The maximum absolute atomic E-state index is 13.4. The Hall–Kier alpha value is -2.77. The highest BCUT2D eigenvalue weighted by Crippen LogP contribution is 2.34. The molecule has 1 aliphatic heterocycles. The van der Waals surface area contributed by atoms with Crippen molar-refractivity contribution in [3.63, 3.8) is 0 Å². The van der Waals surface area contributed by atoms with Gasteiger partial charge in [-0.05, 0) is 49.2 Å². The molecule has 0 amide bonds. The van der Waals surface area contributed by atoms with Crippen molar-refractivity contribution in [1.29, 1.82) is 0 Å². The lowest BCUT2D eigenvalue weighted by Crippen LogP contribution is -2.55. The summed E-state index contributed by atoms with van der Waals surface area (Å²) in [6.45, 7) is 6.67. The standard InChI is InChI=1S/C22H26FN5O/c1-22(21-7-9-25-26-21,20-6-5-18(23)16-24-20)28-13-11-27(12-14-28)10-8-17-3-2-4-19(29)15-17/h2-7,9,15-16,29H,8,10-14H2,1H3,(H,25,26). The van der Waals surface area contributed by atoms with Crippen LogP contribution in [0.25, 0.3) is 0 Å². The summed E-state index contributed by atoms with van der Waals surface area (Å²) in [5, 5.41) is 16.8.